The van der Waals surface area contributed by atoms with Crippen LogP contribution in [0.5, 0.6) is 0 Å². The summed E-state index contributed by atoms with van der Waals surface area (Å²) in [5, 5.41) is 3.12. The summed E-state index contributed by atoms with van der Waals surface area (Å²) in [6, 6.07) is 1.84. The number of anilines is 1. The van der Waals surface area contributed by atoms with Crippen molar-refractivity contribution in [3.8, 4) is 0 Å². The van der Waals surface area contributed by atoms with E-state index in [2.05, 4.69) is 17.2 Å². The van der Waals surface area contributed by atoms with E-state index in [-0.39, 0.29) is 17.1 Å². The van der Waals surface area contributed by atoms with Gasteiger partial charge in [0, 0.05) is 6.04 Å². The van der Waals surface area contributed by atoms with Gasteiger partial charge < -0.3 is 11.1 Å². The van der Waals surface area contributed by atoms with Crippen molar-refractivity contribution in [1.29, 1.82) is 0 Å². The molecular weight excluding hydrogens is 226 g/mol. The molecule has 16 heavy (non-hydrogen) atoms. The van der Waals surface area contributed by atoms with Crippen LogP contribution in [-0.4, -0.2) is 16.9 Å². The van der Waals surface area contributed by atoms with Gasteiger partial charge in [0.05, 0.1) is 17.4 Å². The average molecular weight is 240 g/mol. The number of nitrogens with two attached hydrogens (primary N) is 1. The SMILES string of the molecule is CCC1CC1NC(=O)c1cc(N)cnc1Cl. The zero-order valence-electron chi connectivity index (χ0n) is 9.03. The first kappa shape index (κ1) is 11.2. The van der Waals surface area contributed by atoms with Gasteiger partial charge in [-0.1, -0.05) is 24.9 Å². The van der Waals surface area contributed by atoms with E-state index in [1.807, 2.05) is 0 Å². The van der Waals surface area contributed by atoms with Crippen LogP contribution in [0, 0.1) is 5.92 Å². The van der Waals surface area contributed by atoms with Crippen molar-refractivity contribution in [3.05, 3.63) is 23.0 Å². The monoisotopic (exact) mass is 239 g/mol. The second-order valence-electron chi connectivity index (χ2n) is 4.09. The molecule has 2 rings (SSSR count). The molecule has 1 aliphatic carbocycles. The van der Waals surface area contributed by atoms with E-state index in [0.29, 0.717) is 17.2 Å². The van der Waals surface area contributed by atoms with Crippen LogP contribution < -0.4 is 11.1 Å². The number of carbonyl (C=O) groups is 1. The quantitative estimate of drug-likeness (QED) is 0.791. The number of hydrogen-bond acceptors (Lipinski definition) is 3. The Balaban J connectivity index is 2.06. The maximum atomic E-state index is 11.8. The van der Waals surface area contributed by atoms with Gasteiger partial charge in [-0.2, -0.15) is 0 Å². The molecule has 1 saturated carbocycles. The molecule has 0 saturated heterocycles. The third-order valence-electron chi connectivity index (χ3n) is 2.87. The largest absolute Gasteiger partial charge is 0.397 e. The number of aromatic nitrogens is 1. The predicted molar refractivity (Wildman–Crippen MR) is 63.3 cm³/mol. The second-order valence-corrected chi connectivity index (χ2v) is 4.45. The lowest BCUT2D eigenvalue weighted by atomic mass is 10.2. The first-order valence-corrected chi connectivity index (χ1v) is 5.71. The van der Waals surface area contributed by atoms with Gasteiger partial charge in [-0.25, -0.2) is 4.98 Å². The van der Waals surface area contributed by atoms with E-state index < -0.39 is 0 Å². The normalized spacial score (nSPS) is 22.9. The zero-order valence-corrected chi connectivity index (χ0v) is 9.79. The minimum atomic E-state index is -0.189. The summed E-state index contributed by atoms with van der Waals surface area (Å²) in [7, 11) is 0. The molecule has 2 atom stereocenters. The molecule has 2 unspecified atom stereocenters. The molecular formula is C11H14ClN3O. The molecule has 4 nitrogen and oxygen atoms in total. The van der Waals surface area contributed by atoms with Crippen molar-refractivity contribution in [2.24, 2.45) is 5.92 Å². The summed E-state index contributed by atoms with van der Waals surface area (Å²) in [6.45, 7) is 2.12. The molecule has 1 amide bonds. The highest BCUT2D eigenvalue weighted by molar-refractivity contribution is 6.32. The van der Waals surface area contributed by atoms with Gasteiger partial charge in [-0.15, -0.1) is 0 Å². The molecule has 1 aromatic rings. The standard InChI is InChI=1S/C11H14ClN3O/c1-2-6-3-9(6)15-11(16)8-4-7(13)5-14-10(8)12/h4-6,9H,2-3,13H2,1H3,(H,15,16). The van der Waals surface area contributed by atoms with E-state index >= 15 is 0 Å². The summed E-state index contributed by atoms with van der Waals surface area (Å²) in [5.41, 5.74) is 6.36. The molecule has 3 N–H and O–H groups in total. The van der Waals surface area contributed by atoms with Gasteiger partial charge in [0.1, 0.15) is 5.15 Å². The number of amides is 1. The topological polar surface area (TPSA) is 68.0 Å². The summed E-state index contributed by atoms with van der Waals surface area (Å²) in [5.74, 6) is 0.419. The number of nitrogen functional groups attached to an aromatic ring is 1. The number of nitrogens with zero attached hydrogens (tertiary/aromatic N) is 1. The number of nitrogens with one attached hydrogen (secondary N) is 1. The molecule has 1 aromatic heterocycles. The molecule has 1 heterocycles. The van der Waals surface area contributed by atoms with Crippen molar-refractivity contribution < 1.29 is 4.79 Å². The Hall–Kier alpha value is -1.29. The third kappa shape index (κ3) is 2.27. The van der Waals surface area contributed by atoms with Crippen molar-refractivity contribution in [3.63, 3.8) is 0 Å². The number of hydrogen-bond donors (Lipinski definition) is 2. The Kier molecular flexibility index (Phi) is 3.01. The number of rotatable bonds is 3. The predicted octanol–water partition coefficient (Wildman–Crippen LogP) is 1.85. The smallest absolute Gasteiger partial charge is 0.254 e. The van der Waals surface area contributed by atoms with Gasteiger partial charge in [-0.3, -0.25) is 4.79 Å². The van der Waals surface area contributed by atoms with E-state index in [0.717, 1.165) is 12.8 Å². The van der Waals surface area contributed by atoms with Gasteiger partial charge in [0.2, 0.25) is 0 Å². The second kappa shape index (κ2) is 4.29. The van der Waals surface area contributed by atoms with Crippen molar-refractivity contribution in [1.82, 2.24) is 10.3 Å². The fourth-order valence-corrected chi connectivity index (χ4v) is 1.93. The molecule has 86 valence electrons. The molecule has 0 spiro atoms. The Bertz CT molecular complexity index is 422. The minimum absolute atomic E-state index is 0.189. The van der Waals surface area contributed by atoms with Gasteiger partial charge in [-0.05, 0) is 18.4 Å². The highest BCUT2D eigenvalue weighted by Crippen LogP contribution is 2.33. The highest BCUT2D eigenvalue weighted by Gasteiger charge is 2.36. The first-order chi connectivity index (χ1) is 7.61. The lowest BCUT2D eigenvalue weighted by Gasteiger charge is -2.06. The zero-order chi connectivity index (χ0) is 11.7. The van der Waals surface area contributed by atoms with E-state index in [4.69, 9.17) is 17.3 Å². The summed E-state index contributed by atoms with van der Waals surface area (Å²) in [4.78, 5) is 15.7. The van der Waals surface area contributed by atoms with Crippen LogP contribution in [0.1, 0.15) is 30.1 Å². The Labute approximate surface area is 99.2 Å². The van der Waals surface area contributed by atoms with Crippen LogP contribution in [-0.2, 0) is 0 Å². The van der Waals surface area contributed by atoms with Crippen molar-refractivity contribution in [2.45, 2.75) is 25.8 Å². The van der Waals surface area contributed by atoms with Crippen LogP contribution >= 0.6 is 11.6 Å². The van der Waals surface area contributed by atoms with E-state index in [9.17, 15) is 4.79 Å². The summed E-state index contributed by atoms with van der Waals surface area (Å²) < 4.78 is 0. The summed E-state index contributed by atoms with van der Waals surface area (Å²) >= 11 is 5.84. The third-order valence-corrected chi connectivity index (χ3v) is 3.17. The maximum Gasteiger partial charge on any atom is 0.254 e. The average Bonchev–Trinajstić information content (AvgIpc) is 3.00. The molecule has 0 bridgehead atoms. The lowest BCUT2D eigenvalue weighted by Crippen LogP contribution is -2.27. The maximum absolute atomic E-state index is 11.8. The van der Waals surface area contributed by atoms with E-state index in [1.165, 1.54) is 6.20 Å². The van der Waals surface area contributed by atoms with Gasteiger partial charge in [0.15, 0.2) is 0 Å². The number of pyridine rings is 1. The van der Waals surface area contributed by atoms with E-state index in [1.54, 1.807) is 6.07 Å². The van der Waals surface area contributed by atoms with Crippen LogP contribution in [0.25, 0.3) is 0 Å². The van der Waals surface area contributed by atoms with Gasteiger partial charge >= 0.3 is 0 Å². The molecule has 1 fully saturated rings. The first-order valence-electron chi connectivity index (χ1n) is 5.33. The highest BCUT2D eigenvalue weighted by atomic mass is 35.5. The lowest BCUT2D eigenvalue weighted by molar-refractivity contribution is 0.0949. The van der Waals surface area contributed by atoms with Crippen molar-refractivity contribution >= 4 is 23.2 Å². The Morgan fingerprint density at radius 2 is 2.50 bits per heavy atom. The fourth-order valence-electron chi connectivity index (χ4n) is 1.75. The van der Waals surface area contributed by atoms with Gasteiger partial charge in [0.25, 0.3) is 5.91 Å². The molecule has 0 radical (unpaired) electrons. The van der Waals surface area contributed by atoms with Crippen LogP contribution in [0.2, 0.25) is 5.15 Å². The molecule has 1 aliphatic rings. The van der Waals surface area contributed by atoms with Crippen molar-refractivity contribution in [2.75, 3.05) is 5.73 Å². The molecule has 5 heteroatoms. The minimum Gasteiger partial charge on any atom is -0.397 e. The number of carbonyl (C=O) groups excluding carboxylic acids is 1. The molecule has 0 aromatic carbocycles. The fraction of sp³-hybridized carbons (Fsp3) is 0.455. The van der Waals surface area contributed by atoms with Crippen LogP contribution in [0.3, 0.4) is 0 Å². The van der Waals surface area contributed by atoms with Crippen LogP contribution in [0.4, 0.5) is 5.69 Å². The molecule has 0 aliphatic heterocycles. The van der Waals surface area contributed by atoms with Crippen LogP contribution in [0.15, 0.2) is 12.3 Å². The summed E-state index contributed by atoms with van der Waals surface area (Å²) in [6.07, 6.45) is 3.58. The number of halogens is 1. The Morgan fingerprint density at radius 1 is 1.75 bits per heavy atom. The Morgan fingerprint density at radius 3 is 3.12 bits per heavy atom.